The molecule has 1 aromatic heterocycles. The van der Waals surface area contributed by atoms with E-state index in [2.05, 4.69) is 38.2 Å². The normalized spacial score (nSPS) is 13.3. The van der Waals surface area contributed by atoms with E-state index in [4.69, 9.17) is 0 Å². The van der Waals surface area contributed by atoms with Gasteiger partial charge in [-0.15, -0.1) is 11.3 Å². The van der Waals surface area contributed by atoms with Crippen molar-refractivity contribution in [3.05, 3.63) is 52.2 Å². The van der Waals surface area contributed by atoms with Crippen LogP contribution in [-0.4, -0.2) is 11.7 Å². The van der Waals surface area contributed by atoms with Crippen molar-refractivity contribution in [2.24, 2.45) is 0 Å². The van der Waals surface area contributed by atoms with Crippen LogP contribution < -0.4 is 5.32 Å². The number of hydrogen-bond acceptors (Lipinski definition) is 3. The van der Waals surface area contributed by atoms with Gasteiger partial charge in [0, 0.05) is 15.4 Å². The second-order valence-corrected chi connectivity index (χ2v) is 6.81. The predicted octanol–water partition coefficient (Wildman–Crippen LogP) is 4.19. The lowest BCUT2D eigenvalue weighted by Crippen LogP contribution is -2.13. The Morgan fingerprint density at radius 2 is 1.79 bits per heavy atom. The van der Waals surface area contributed by atoms with Crippen LogP contribution in [0.4, 0.5) is 5.69 Å². The standard InChI is InChI=1S/C16H21NOS/c1-16(2,3)15-10-9-14(19-15)13(11-18)17-12-7-5-4-6-8-12/h4-10,13,17-18H,11H2,1-3H3. The molecule has 2 N–H and O–H groups in total. The lowest BCUT2D eigenvalue weighted by Gasteiger charge is -2.18. The summed E-state index contributed by atoms with van der Waals surface area (Å²) in [5, 5.41) is 13.0. The van der Waals surface area contributed by atoms with E-state index in [9.17, 15) is 5.11 Å². The minimum absolute atomic E-state index is 0.0384. The van der Waals surface area contributed by atoms with Gasteiger partial charge in [0.25, 0.3) is 0 Å². The van der Waals surface area contributed by atoms with Crippen molar-refractivity contribution < 1.29 is 5.11 Å². The fourth-order valence-electron chi connectivity index (χ4n) is 1.89. The maximum atomic E-state index is 9.60. The smallest absolute Gasteiger partial charge is 0.0837 e. The molecule has 3 heteroatoms. The zero-order chi connectivity index (χ0) is 13.9. The molecule has 0 aliphatic carbocycles. The highest BCUT2D eigenvalue weighted by atomic mass is 32.1. The van der Waals surface area contributed by atoms with Gasteiger partial charge in [0.15, 0.2) is 0 Å². The van der Waals surface area contributed by atoms with Crippen molar-refractivity contribution in [2.75, 3.05) is 11.9 Å². The summed E-state index contributed by atoms with van der Waals surface area (Å²) in [6, 6.07) is 14.2. The minimum Gasteiger partial charge on any atom is -0.394 e. The first-order valence-corrected chi connectivity index (χ1v) is 7.35. The Labute approximate surface area is 119 Å². The molecule has 102 valence electrons. The Bertz CT molecular complexity index is 513. The molecule has 0 saturated carbocycles. The van der Waals surface area contributed by atoms with Gasteiger partial charge in [-0.1, -0.05) is 39.0 Å². The summed E-state index contributed by atoms with van der Waals surface area (Å²) < 4.78 is 0. The van der Waals surface area contributed by atoms with Crippen LogP contribution in [0, 0.1) is 0 Å². The average molecular weight is 275 g/mol. The first-order chi connectivity index (χ1) is 9.00. The summed E-state index contributed by atoms with van der Waals surface area (Å²) in [7, 11) is 0. The average Bonchev–Trinajstić information content (AvgIpc) is 2.86. The van der Waals surface area contributed by atoms with Gasteiger partial charge in [-0.3, -0.25) is 0 Å². The molecule has 0 spiro atoms. The first-order valence-electron chi connectivity index (χ1n) is 6.53. The molecule has 2 nitrogen and oxygen atoms in total. The van der Waals surface area contributed by atoms with Gasteiger partial charge in [-0.05, 0) is 29.7 Å². The summed E-state index contributed by atoms with van der Waals surface area (Å²) in [4.78, 5) is 2.52. The van der Waals surface area contributed by atoms with Gasteiger partial charge in [0.05, 0.1) is 12.6 Å². The van der Waals surface area contributed by atoms with E-state index >= 15 is 0 Å². The molecule has 1 heterocycles. The van der Waals surface area contributed by atoms with Crippen molar-refractivity contribution >= 4 is 17.0 Å². The topological polar surface area (TPSA) is 32.3 Å². The van der Waals surface area contributed by atoms with Gasteiger partial charge < -0.3 is 10.4 Å². The Hall–Kier alpha value is -1.32. The Kier molecular flexibility index (Phi) is 4.27. The summed E-state index contributed by atoms with van der Waals surface area (Å²) in [5.41, 5.74) is 1.20. The molecule has 0 saturated heterocycles. The monoisotopic (exact) mass is 275 g/mol. The highest BCUT2D eigenvalue weighted by Gasteiger charge is 2.19. The van der Waals surface area contributed by atoms with Crippen molar-refractivity contribution in [3.63, 3.8) is 0 Å². The third-order valence-electron chi connectivity index (χ3n) is 3.01. The zero-order valence-electron chi connectivity index (χ0n) is 11.7. The fraction of sp³-hybridized carbons (Fsp3) is 0.375. The number of thiophene rings is 1. The van der Waals surface area contributed by atoms with Crippen molar-refractivity contribution in [2.45, 2.75) is 32.2 Å². The second-order valence-electron chi connectivity index (χ2n) is 5.70. The van der Waals surface area contributed by atoms with Crippen LogP contribution in [0.1, 0.15) is 36.6 Å². The number of aliphatic hydroxyl groups excluding tert-OH is 1. The number of hydrogen-bond donors (Lipinski definition) is 2. The maximum Gasteiger partial charge on any atom is 0.0837 e. The molecule has 1 aromatic carbocycles. The Morgan fingerprint density at radius 3 is 2.32 bits per heavy atom. The van der Waals surface area contributed by atoms with Crippen LogP contribution in [0.25, 0.3) is 0 Å². The molecule has 0 bridgehead atoms. The Balaban J connectivity index is 2.16. The largest absolute Gasteiger partial charge is 0.394 e. The number of aliphatic hydroxyl groups is 1. The Morgan fingerprint density at radius 1 is 1.11 bits per heavy atom. The molecular weight excluding hydrogens is 254 g/mol. The van der Waals surface area contributed by atoms with E-state index in [1.807, 2.05) is 30.3 Å². The quantitative estimate of drug-likeness (QED) is 0.877. The molecule has 1 unspecified atom stereocenters. The van der Waals surface area contributed by atoms with Crippen LogP contribution in [0.15, 0.2) is 42.5 Å². The van der Waals surface area contributed by atoms with Crippen LogP contribution in [-0.2, 0) is 5.41 Å². The van der Waals surface area contributed by atoms with E-state index in [-0.39, 0.29) is 18.1 Å². The van der Waals surface area contributed by atoms with Crippen molar-refractivity contribution in [3.8, 4) is 0 Å². The highest BCUT2D eigenvalue weighted by molar-refractivity contribution is 7.12. The van der Waals surface area contributed by atoms with Crippen LogP contribution in [0.2, 0.25) is 0 Å². The van der Waals surface area contributed by atoms with Crippen molar-refractivity contribution in [1.82, 2.24) is 0 Å². The number of benzene rings is 1. The molecule has 0 radical (unpaired) electrons. The van der Waals surface area contributed by atoms with E-state index < -0.39 is 0 Å². The zero-order valence-corrected chi connectivity index (χ0v) is 12.5. The lowest BCUT2D eigenvalue weighted by molar-refractivity contribution is 0.278. The van der Waals surface area contributed by atoms with Gasteiger partial charge in [-0.2, -0.15) is 0 Å². The SMILES string of the molecule is CC(C)(C)c1ccc(C(CO)Nc2ccccc2)s1. The molecule has 0 amide bonds. The molecule has 1 atom stereocenters. The summed E-state index contributed by atoms with van der Waals surface area (Å²) >= 11 is 1.77. The predicted molar refractivity (Wildman–Crippen MR) is 82.9 cm³/mol. The summed E-state index contributed by atoms with van der Waals surface area (Å²) in [5.74, 6) is 0. The van der Waals surface area contributed by atoms with E-state index in [0.29, 0.717) is 0 Å². The third-order valence-corrected chi connectivity index (χ3v) is 4.63. The van der Waals surface area contributed by atoms with Gasteiger partial charge in [0.1, 0.15) is 0 Å². The molecule has 2 aromatic rings. The van der Waals surface area contributed by atoms with Crippen LogP contribution in [0.5, 0.6) is 0 Å². The molecule has 0 fully saturated rings. The van der Waals surface area contributed by atoms with E-state index in [0.717, 1.165) is 5.69 Å². The maximum absolute atomic E-state index is 9.60. The number of rotatable bonds is 4. The molecule has 2 rings (SSSR count). The van der Waals surface area contributed by atoms with Gasteiger partial charge in [0.2, 0.25) is 0 Å². The van der Waals surface area contributed by atoms with Crippen molar-refractivity contribution in [1.29, 1.82) is 0 Å². The molecule has 0 aliphatic rings. The molecule has 19 heavy (non-hydrogen) atoms. The number of para-hydroxylation sites is 1. The summed E-state index contributed by atoms with van der Waals surface area (Å²) in [6.07, 6.45) is 0. The molecule has 0 aliphatic heterocycles. The second kappa shape index (κ2) is 5.76. The van der Waals surface area contributed by atoms with Crippen LogP contribution in [0.3, 0.4) is 0 Å². The van der Waals surface area contributed by atoms with E-state index in [1.54, 1.807) is 11.3 Å². The lowest BCUT2D eigenvalue weighted by atomic mass is 9.95. The number of nitrogens with one attached hydrogen (secondary N) is 1. The molecular formula is C16H21NOS. The third kappa shape index (κ3) is 3.58. The minimum atomic E-state index is -0.0384. The summed E-state index contributed by atoms with van der Waals surface area (Å²) in [6.45, 7) is 6.72. The highest BCUT2D eigenvalue weighted by Crippen LogP contribution is 2.33. The first kappa shape index (κ1) is 14.1. The van der Waals surface area contributed by atoms with Gasteiger partial charge >= 0.3 is 0 Å². The van der Waals surface area contributed by atoms with Crippen LogP contribution >= 0.6 is 11.3 Å². The van der Waals surface area contributed by atoms with E-state index in [1.165, 1.54) is 9.75 Å². The fourth-order valence-corrected chi connectivity index (χ4v) is 2.99. The number of anilines is 1. The van der Waals surface area contributed by atoms with Gasteiger partial charge in [-0.25, -0.2) is 0 Å².